The molecular formula is C15H21ClN2O4S. The SMILES string of the molecule is O=C(NCCCc1ccc(S(=O)(=O)Cl)cc1)NC1CCOCC1. The van der Waals surface area contributed by atoms with Crippen LogP contribution in [0.2, 0.25) is 0 Å². The van der Waals surface area contributed by atoms with Gasteiger partial charge in [-0.3, -0.25) is 0 Å². The molecule has 1 fully saturated rings. The van der Waals surface area contributed by atoms with Crippen molar-refractivity contribution in [1.82, 2.24) is 10.6 Å². The summed E-state index contributed by atoms with van der Waals surface area (Å²) in [5.74, 6) is 0. The van der Waals surface area contributed by atoms with Gasteiger partial charge < -0.3 is 15.4 Å². The second-order valence-electron chi connectivity index (χ2n) is 5.47. The van der Waals surface area contributed by atoms with Crippen molar-refractivity contribution < 1.29 is 17.9 Å². The average molecular weight is 361 g/mol. The minimum absolute atomic E-state index is 0.0943. The zero-order valence-corrected chi connectivity index (χ0v) is 14.3. The molecule has 0 atom stereocenters. The number of aryl methyl sites for hydroxylation is 1. The van der Waals surface area contributed by atoms with Crippen molar-refractivity contribution in [3.63, 3.8) is 0 Å². The highest BCUT2D eigenvalue weighted by Gasteiger charge is 2.15. The van der Waals surface area contributed by atoms with E-state index >= 15 is 0 Å². The van der Waals surface area contributed by atoms with Crippen molar-refractivity contribution in [2.24, 2.45) is 0 Å². The highest BCUT2D eigenvalue weighted by Crippen LogP contribution is 2.15. The fourth-order valence-electron chi connectivity index (χ4n) is 2.39. The smallest absolute Gasteiger partial charge is 0.315 e. The van der Waals surface area contributed by atoms with Gasteiger partial charge in [0, 0.05) is 36.5 Å². The molecule has 0 unspecified atom stereocenters. The van der Waals surface area contributed by atoms with Crippen LogP contribution in [0.5, 0.6) is 0 Å². The van der Waals surface area contributed by atoms with Crippen LogP contribution < -0.4 is 10.6 Å². The number of urea groups is 1. The first-order valence-electron chi connectivity index (χ1n) is 7.61. The topological polar surface area (TPSA) is 84.5 Å². The fourth-order valence-corrected chi connectivity index (χ4v) is 3.16. The normalized spacial score (nSPS) is 16.0. The van der Waals surface area contributed by atoms with E-state index in [0.717, 1.165) is 31.2 Å². The molecule has 0 radical (unpaired) electrons. The molecule has 1 saturated heterocycles. The summed E-state index contributed by atoms with van der Waals surface area (Å²) < 4.78 is 27.5. The van der Waals surface area contributed by atoms with E-state index in [1.54, 1.807) is 12.1 Å². The maximum atomic E-state index is 11.7. The second kappa shape index (κ2) is 8.52. The summed E-state index contributed by atoms with van der Waals surface area (Å²) in [6.45, 7) is 1.95. The lowest BCUT2D eigenvalue weighted by Gasteiger charge is -2.23. The van der Waals surface area contributed by atoms with Crippen molar-refractivity contribution >= 4 is 25.8 Å². The largest absolute Gasteiger partial charge is 0.381 e. The molecule has 0 aromatic heterocycles. The van der Waals surface area contributed by atoms with Crippen molar-refractivity contribution in [2.45, 2.75) is 36.6 Å². The van der Waals surface area contributed by atoms with Crippen LogP contribution in [0.15, 0.2) is 29.2 Å². The van der Waals surface area contributed by atoms with Gasteiger partial charge in [-0.15, -0.1) is 0 Å². The van der Waals surface area contributed by atoms with Gasteiger partial charge in [-0.2, -0.15) is 0 Å². The zero-order valence-electron chi connectivity index (χ0n) is 12.8. The lowest BCUT2D eigenvalue weighted by atomic mass is 10.1. The third kappa shape index (κ3) is 6.37. The molecule has 2 N–H and O–H groups in total. The molecule has 6 nitrogen and oxygen atoms in total. The summed E-state index contributed by atoms with van der Waals surface area (Å²) in [7, 11) is 1.59. The number of halogens is 1. The van der Waals surface area contributed by atoms with Crippen LogP contribution in [0, 0.1) is 0 Å². The zero-order chi connectivity index (χ0) is 16.7. The van der Waals surface area contributed by atoms with E-state index in [1.165, 1.54) is 12.1 Å². The Kier molecular flexibility index (Phi) is 6.68. The molecule has 23 heavy (non-hydrogen) atoms. The van der Waals surface area contributed by atoms with Gasteiger partial charge >= 0.3 is 6.03 Å². The van der Waals surface area contributed by atoms with E-state index in [1.807, 2.05) is 0 Å². The van der Waals surface area contributed by atoms with Crippen LogP contribution in [0.1, 0.15) is 24.8 Å². The van der Waals surface area contributed by atoms with Gasteiger partial charge in [-0.25, -0.2) is 13.2 Å². The predicted octanol–water partition coefficient (Wildman–Crippen LogP) is 2.02. The van der Waals surface area contributed by atoms with Gasteiger partial charge in [-0.1, -0.05) is 12.1 Å². The van der Waals surface area contributed by atoms with Crippen molar-refractivity contribution in [1.29, 1.82) is 0 Å². The minimum Gasteiger partial charge on any atom is -0.381 e. The van der Waals surface area contributed by atoms with Crippen LogP contribution >= 0.6 is 10.7 Å². The molecule has 2 amide bonds. The number of hydrogen-bond donors (Lipinski definition) is 2. The molecule has 1 aromatic rings. The Morgan fingerprint density at radius 3 is 2.48 bits per heavy atom. The Hall–Kier alpha value is -1.31. The second-order valence-corrected chi connectivity index (χ2v) is 8.04. The van der Waals surface area contributed by atoms with Gasteiger partial charge in [0.25, 0.3) is 9.05 Å². The first kappa shape index (κ1) is 18.0. The average Bonchev–Trinajstić information content (AvgIpc) is 2.52. The fraction of sp³-hybridized carbons (Fsp3) is 0.533. The summed E-state index contributed by atoms with van der Waals surface area (Å²) in [4.78, 5) is 11.8. The molecule has 1 aliphatic heterocycles. The first-order valence-corrected chi connectivity index (χ1v) is 9.92. The molecule has 8 heteroatoms. The monoisotopic (exact) mass is 360 g/mol. The van der Waals surface area contributed by atoms with Gasteiger partial charge in [0.15, 0.2) is 0 Å². The summed E-state index contributed by atoms with van der Waals surface area (Å²) in [5, 5.41) is 5.76. The summed E-state index contributed by atoms with van der Waals surface area (Å²) >= 11 is 0. The maximum absolute atomic E-state index is 11.7. The van der Waals surface area contributed by atoms with Crippen LogP contribution in [-0.2, 0) is 20.2 Å². The number of rotatable bonds is 6. The van der Waals surface area contributed by atoms with Gasteiger partial charge in [0.05, 0.1) is 4.90 Å². The number of nitrogens with one attached hydrogen (secondary N) is 2. The van der Waals surface area contributed by atoms with Crippen molar-refractivity contribution in [3.8, 4) is 0 Å². The molecule has 0 bridgehead atoms. The number of ether oxygens (including phenoxy) is 1. The number of amides is 2. The van der Waals surface area contributed by atoms with Crippen molar-refractivity contribution in [2.75, 3.05) is 19.8 Å². The van der Waals surface area contributed by atoms with Crippen LogP contribution in [0.25, 0.3) is 0 Å². The van der Waals surface area contributed by atoms with E-state index in [2.05, 4.69) is 10.6 Å². The minimum atomic E-state index is -3.67. The standard InChI is InChI=1S/C15H21ClN2O4S/c16-23(20,21)14-5-3-12(4-6-14)2-1-9-17-15(19)18-13-7-10-22-11-8-13/h3-6,13H,1-2,7-11H2,(H2,17,18,19). The Labute approximate surface area is 141 Å². The third-order valence-electron chi connectivity index (χ3n) is 3.69. The van der Waals surface area contributed by atoms with E-state index < -0.39 is 9.05 Å². The molecule has 1 heterocycles. The molecular weight excluding hydrogens is 340 g/mol. The number of carbonyl (C=O) groups is 1. The van der Waals surface area contributed by atoms with Gasteiger partial charge in [0.1, 0.15) is 0 Å². The van der Waals surface area contributed by atoms with Crippen LogP contribution in [-0.4, -0.2) is 40.2 Å². The maximum Gasteiger partial charge on any atom is 0.315 e. The van der Waals surface area contributed by atoms with E-state index in [0.29, 0.717) is 19.8 Å². The molecule has 0 aliphatic carbocycles. The van der Waals surface area contributed by atoms with Crippen LogP contribution in [0.4, 0.5) is 4.79 Å². The first-order chi connectivity index (χ1) is 10.9. The van der Waals surface area contributed by atoms with Crippen molar-refractivity contribution in [3.05, 3.63) is 29.8 Å². The lowest BCUT2D eigenvalue weighted by Crippen LogP contribution is -2.44. The molecule has 1 aliphatic rings. The summed E-state index contributed by atoms with van der Waals surface area (Å²) in [6, 6.07) is 6.48. The number of carbonyl (C=O) groups excluding carboxylic acids is 1. The van der Waals surface area contributed by atoms with Crippen LogP contribution in [0.3, 0.4) is 0 Å². The number of hydrogen-bond acceptors (Lipinski definition) is 4. The molecule has 128 valence electrons. The Bertz CT molecular complexity index is 613. The Balaban J connectivity index is 1.65. The van der Waals surface area contributed by atoms with E-state index in [9.17, 15) is 13.2 Å². The van der Waals surface area contributed by atoms with Gasteiger partial charge in [0.2, 0.25) is 0 Å². The highest BCUT2D eigenvalue weighted by molar-refractivity contribution is 8.13. The third-order valence-corrected chi connectivity index (χ3v) is 5.06. The molecule has 1 aromatic carbocycles. The van der Waals surface area contributed by atoms with E-state index in [4.69, 9.17) is 15.4 Å². The highest BCUT2D eigenvalue weighted by atomic mass is 35.7. The summed E-state index contributed by atoms with van der Waals surface area (Å²) in [6.07, 6.45) is 3.22. The van der Waals surface area contributed by atoms with Gasteiger partial charge in [-0.05, 0) is 43.4 Å². The molecule has 0 spiro atoms. The summed E-state index contributed by atoms with van der Waals surface area (Å²) in [5.41, 5.74) is 1.00. The quantitative estimate of drug-likeness (QED) is 0.600. The number of benzene rings is 1. The Morgan fingerprint density at radius 2 is 1.87 bits per heavy atom. The molecule has 2 rings (SSSR count). The Morgan fingerprint density at radius 1 is 1.22 bits per heavy atom. The lowest BCUT2D eigenvalue weighted by molar-refractivity contribution is 0.0801. The van der Waals surface area contributed by atoms with E-state index in [-0.39, 0.29) is 17.0 Å². The predicted molar refractivity (Wildman–Crippen MR) is 88.2 cm³/mol. The molecule has 0 saturated carbocycles.